The second-order valence-electron chi connectivity index (χ2n) is 8.62. The van der Waals surface area contributed by atoms with Crippen LogP contribution in [0.25, 0.3) is 6.08 Å². The first kappa shape index (κ1) is 25.9. The summed E-state index contributed by atoms with van der Waals surface area (Å²) in [6.07, 6.45) is 0.778. The highest BCUT2D eigenvalue weighted by Gasteiger charge is 2.33. The van der Waals surface area contributed by atoms with Gasteiger partial charge in [-0.1, -0.05) is 19.6 Å². The molecule has 1 atom stereocenters. The second kappa shape index (κ2) is 10.5. The van der Waals surface area contributed by atoms with Crippen LogP contribution in [-0.4, -0.2) is 57.0 Å². The number of methoxy groups -OCH3 is 2. The average molecular weight is 479 g/mol. The predicted octanol–water partition coefficient (Wildman–Crippen LogP) is 3.53. The molecule has 1 fully saturated rings. The Labute approximate surface area is 193 Å². The van der Waals surface area contributed by atoms with Gasteiger partial charge < -0.3 is 19.0 Å². The number of amides is 3. The summed E-state index contributed by atoms with van der Waals surface area (Å²) in [5.74, 6) is -1.31. The van der Waals surface area contributed by atoms with Crippen molar-refractivity contribution >= 4 is 43.7 Å². The first-order valence-corrected chi connectivity index (χ1v) is 13.9. The number of carbonyl (C=O) groups excluding carboxylic acids is 4. The van der Waals surface area contributed by atoms with Gasteiger partial charge in [0.1, 0.15) is 0 Å². The van der Waals surface area contributed by atoms with Gasteiger partial charge in [-0.2, -0.15) is 0 Å². The molecular formula is C22H30N2O8Si. The van der Waals surface area contributed by atoms with E-state index in [-0.39, 0.29) is 24.1 Å². The van der Waals surface area contributed by atoms with Crippen LogP contribution in [0.5, 0.6) is 11.5 Å². The van der Waals surface area contributed by atoms with Crippen LogP contribution >= 0.6 is 0 Å². The summed E-state index contributed by atoms with van der Waals surface area (Å²) < 4.78 is 16.1. The molecule has 1 aromatic carbocycles. The molecular weight excluding hydrogens is 448 g/mol. The summed E-state index contributed by atoms with van der Waals surface area (Å²) in [6.45, 7) is 9.56. The maximum absolute atomic E-state index is 12.5. The summed E-state index contributed by atoms with van der Waals surface area (Å²) in [4.78, 5) is 53.3. The normalized spacial score (nSPS) is 15.2. The molecule has 2 rings (SSSR count). The van der Waals surface area contributed by atoms with E-state index in [2.05, 4.69) is 25.0 Å². The van der Waals surface area contributed by atoms with Crippen molar-refractivity contribution in [3.8, 4) is 11.5 Å². The minimum absolute atomic E-state index is 0.00339. The van der Waals surface area contributed by atoms with E-state index in [9.17, 15) is 19.2 Å². The number of hydrogen-bond donors (Lipinski definition) is 1. The number of nitrogens with zero attached hydrogens (tertiary/aromatic N) is 1. The van der Waals surface area contributed by atoms with Crippen LogP contribution in [0.4, 0.5) is 10.5 Å². The molecule has 1 unspecified atom stereocenters. The maximum atomic E-state index is 12.5. The Hall–Kier alpha value is -3.34. The Morgan fingerprint density at radius 3 is 2.12 bits per heavy atom. The Morgan fingerprint density at radius 2 is 1.61 bits per heavy atom. The monoisotopic (exact) mass is 478 g/mol. The van der Waals surface area contributed by atoms with Gasteiger partial charge in [0.2, 0.25) is 0 Å². The molecule has 0 spiro atoms. The van der Waals surface area contributed by atoms with Gasteiger partial charge in [-0.15, -0.1) is 5.06 Å². The lowest BCUT2D eigenvalue weighted by Crippen LogP contribution is -2.40. The highest BCUT2D eigenvalue weighted by atomic mass is 28.3. The van der Waals surface area contributed by atoms with E-state index in [1.807, 2.05) is 6.92 Å². The lowest BCUT2D eigenvalue weighted by Gasteiger charge is -2.25. The van der Waals surface area contributed by atoms with Crippen molar-refractivity contribution in [2.45, 2.75) is 52.1 Å². The molecule has 1 aliphatic heterocycles. The van der Waals surface area contributed by atoms with E-state index in [0.29, 0.717) is 27.8 Å². The molecule has 10 nitrogen and oxygen atoms in total. The van der Waals surface area contributed by atoms with Crippen LogP contribution in [0.2, 0.25) is 19.6 Å². The Bertz CT molecular complexity index is 967. The molecule has 0 aliphatic carbocycles. The minimum atomic E-state index is -1.72. The van der Waals surface area contributed by atoms with Gasteiger partial charge in [-0.25, -0.2) is 9.59 Å². The third kappa shape index (κ3) is 6.57. The molecule has 0 aromatic heterocycles. The van der Waals surface area contributed by atoms with Crippen molar-refractivity contribution in [1.82, 2.24) is 5.06 Å². The zero-order chi connectivity index (χ0) is 24.9. The van der Waals surface area contributed by atoms with Crippen LogP contribution in [0.1, 0.15) is 32.3 Å². The lowest BCUT2D eigenvalue weighted by molar-refractivity contribution is -0.194. The zero-order valence-corrected chi connectivity index (χ0v) is 20.9. The smallest absolute Gasteiger partial charge is 0.411 e. The first-order chi connectivity index (χ1) is 15.4. The fourth-order valence-corrected chi connectivity index (χ4v) is 3.16. The van der Waals surface area contributed by atoms with Crippen LogP contribution in [0, 0.1) is 0 Å². The van der Waals surface area contributed by atoms with E-state index in [1.165, 1.54) is 33.3 Å². The fraction of sp³-hybridized carbons (Fsp3) is 0.455. The van der Waals surface area contributed by atoms with E-state index in [0.717, 1.165) is 0 Å². The highest BCUT2D eigenvalue weighted by Crippen LogP contribution is 2.35. The van der Waals surface area contributed by atoms with E-state index < -0.39 is 32.0 Å². The zero-order valence-electron chi connectivity index (χ0n) is 19.9. The molecule has 0 saturated carbocycles. The molecule has 11 heteroatoms. The fourth-order valence-electron chi connectivity index (χ4n) is 2.70. The Balaban J connectivity index is 2.33. The standard InChI is InChI=1S/C22H30N2O8Si/c1-13(21(27)32-24-19(25)8-9-20(24)26)10-15-11-17(29-3)18(30-4)12-16(15)23-22(28)31-14(2)33(5,6)7/h10-12,14H,8-9H2,1-7H3,(H,23,28). The van der Waals surface area contributed by atoms with Gasteiger partial charge in [0.25, 0.3) is 11.8 Å². The topological polar surface area (TPSA) is 120 Å². The predicted molar refractivity (Wildman–Crippen MR) is 123 cm³/mol. The van der Waals surface area contributed by atoms with Crippen molar-refractivity contribution in [2.24, 2.45) is 0 Å². The van der Waals surface area contributed by atoms with Crippen LogP contribution in [0.15, 0.2) is 17.7 Å². The summed E-state index contributed by atoms with van der Waals surface area (Å²) in [5, 5.41) is 3.16. The first-order valence-electron chi connectivity index (χ1n) is 10.4. The van der Waals surface area contributed by atoms with Crippen LogP contribution in [-0.2, 0) is 24.0 Å². The number of benzene rings is 1. The number of rotatable bonds is 8. The number of carbonyl (C=O) groups is 4. The molecule has 0 bridgehead atoms. The molecule has 1 aliphatic rings. The Kier molecular flexibility index (Phi) is 8.26. The number of hydroxylamine groups is 2. The molecule has 33 heavy (non-hydrogen) atoms. The summed E-state index contributed by atoms with van der Waals surface area (Å²) in [5.41, 5.74) is 0.560. The summed E-state index contributed by atoms with van der Waals surface area (Å²) in [7, 11) is 1.19. The SMILES string of the molecule is COc1cc(C=C(C)C(=O)ON2C(=O)CCC2=O)c(NC(=O)OC(C)[Si](C)(C)C)cc1OC. The quantitative estimate of drug-likeness (QED) is 0.342. The molecule has 3 amide bonds. The van der Waals surface area contributed by atoms with Gasteiger partial charge in [-0.3, -0.25) is 14.9 Å². The van der Waals surface area contributed by atoms with Gasteiger partial charge >= 0.3 is 12.1 Å². The molecule has 180 valence electrons. The largest absolute Gasteiger partial charge is 0.493 e. The molecule has 0 radical (unpaired) electrons. The van der Waals surface area contributed by atoms with E-state index in [4.69, 9.17) is 19.0 Å². The van der Waals surface area contributed by atoms with Crippen molar-refractivity contribution in [2.75, 3.05) is 19.5 Å². The lowest BCUT2D eigenvalue weighted by atomic mass is 10.1. The molecule has 1 heterocycles. The molecule has 1 N–H and O–H groups in total. The van der Waals surface area contributed by atoms with Gasteiger partial charge in [-0.05, 0) is 26.0 Å². The summed E-state index contributed by atoms with van der Waals surface area (Å²) in [6, 6.07) is 3.11. The van der Waals surface area contributed by atoms with Gasteiger partial charge in [0.05, 0.1) is 33.7 Å². The van der Waals surface area contributed by atoms with Crippen molar-refractivity contribution in [1.29, 1.82) is 0 Å². The van der Waals surface area contributed by atoms with Crippen LogP contribution in [0.3, 0.4) is 0 Å². The third-order valence-corrected chi connectivity index (χ3v) is 7.73. The van der Waals surface area contributed by atoms with Crippen molar-refractivity contribution in [3.63, 3.8) is 0 Å². The van der Waals surface area contributed by atoms with Crippen molar-refractivity contribution < 1.29 is 38.2 Å². The molecule has 1 aromatic rings. The number of imide groups is 1. The van der Waals surface area contributed by atoms with Gasteiger partial charge in [0.15, 0.2) is 11.5 Å². The highest BCUT2D eigenvalue weighted by molar-refractivity contribution is 6.77. The van der Waals surface area contributed by atoms with E-state index >= 15 is 0 Å². The number of anilines is 1. The molecule has 1 saturated heterocycles. The number of nitrogens with one attached hydrogen (secondary N) is 1. The summed E-state index contributed by atoms with van der Waals surface area (Å²) >= 11 is 0. The van der Waals surface area contributed by atoms with Crippen molar-refractivity contribution in [3.05, 3.63) is 23.3 Å². The maximum Gasteiger partial charge on any atom is 0.411 e. The van der Waals surface area contributed by atoms with E-state index in [1.54, 1.807) is 6.07 Å². The number of ether oxygens (including phenoxy) is 3. The Morgan fingerprint density at radius 1 is 1.06 bits per heavy atom. The van der Waals surface area contributed by atoms with Crippen LogP contribution < -0.4 is 14.8 Å². The third-order valence-electron chi connectivity index (χ3n) is 5.17. The second-order valence-corrected chi connectivity index (χ2v) is 14.2. The average Bonchev–Trinajstić information content (AvgIpc) is 3.05. The number of hydrogen-bond acceptors (Lipinski definition) is 8. The van der Waals surface area contributed by atoms with Gasteiger partial charge in [0, 0.05) is 30.0 Å². The minimum Gasteiger partial charge on any atom is -0.493 e.